The van der Waals surface area contributed by atoms with Crippen LogP contribution in [-0.2, 0) is 10.0 Å². The van der Waals surface area contributed by atoms with E-state index < -0.39 is 10.0 Å². The second kappa shape index (κ2) is 9.10. The number of amides is 1. The van der Waals surface area contributed by atoms with Crippen molar-refractivity contribution in [2.45, 2.75) is 62.1 Å². The Balaban J connectivity index is 1.43. The van der Waals surface area contributed by atoms with Gasteiger partial charge >= 0.3 is 0 Å². The summed E-state index contributed by atoms with van der Waals surface area (Å²) in [4.78, 5) is 13.4. The number of hydrogen-bond acceptors (Lipinski definition) is 4. The van der Waals surface area contributed by atoms with Gasteiger partial charge in [-0.25, -0.2) is 3.97 Å². The molecule has 0 aliphatic heterocycles. The maximum Gasteiger partial charge on any atom is 0.277 e. The van der Waals surface area contributed by atoms with E-state index in [4.69, 9.17) is 0 Å². The molecule has 2 saturated carbocycles. The van der Waals surface area contributed by atoms with Crippen molar-refractivity contribution in [2.24, 2.45) is 17.8 Å². The van der Waals surface area contributed by atoms with E-state index >= 15 is 0 Å². The van der Waals surface area contributed by atoms with Gasteiger partial charge < -0.3 is 5.32 Å². The van der Waals surface area contributed by atoms with E-state index in [9.17, 15) is 13.2 Å². The summed E-state index contributed by atoms with van der Waals surface area (Å²) in [6, 6.07) is 6.70. The van der Waals surface area contributed by atoms with Crippen molar-refractivity contribution >= 4 is 27.3 Å². The van der Waals surface area contributed by atoms with Crippen molar-refractivity contribution in [3.05, 3.63) is 53.7 Å². The number of aromatic nitrogens is 1. The van der Waals surface area contributed by atoms with E-state index in [1.54, 1.807) is 18.2 Å². The Morgan fingerprint density at radius 2 is 1.97 bits per heavy atom. The first-order valence-electron chi connectivity index (χ1n) is 10.9. The van der Waals surface area contributed by atoms with Crippen LogP contribution in [0.1, 0.15) is 61.5 Å². The topological polar surface area (TPSA) is 68.2 Å². The second-order valence-electron chi connectivity index (χ2n) is 8.48. The first-order valence-corrected chi connectivity index (χ1v) is 13.2. The number of nitrogens with zero attached hydrogens (tertiary/aromatic N) is 1. The van der Waals surface area contributed by atoms with Crippen molar-refractivity contribution < 1.29 is 13.2 Å². The predicted octanol–water partition coefficient (Wildman–Crippen LogP) is 5.07. The van der Waals surface area contributed by atoms with Gasteiger partial charge in [0, 0.05) is 18.4 Å². The molecule has 1 amide bonds. The van der Waals surface area contributed by atoms with Crippen molar-refractivity contribution in [2.75, 3.05) is 0 Å². The molecule has 0 spiro atoms. The quantitative estimate of drug-likeness (QED) is 0.432. The van der Waals surface area contributed by atoms with Crippen LogP contribution < -0.4 is 5.32 Å². The van der Waals surface area contributed by atoms with Crippen LogP contribution in [0.5, 0.6) is 0 Å². The molecule has 1 N–H and O–H groups in total. The molecule has 2 heterocycles. The number of thiophene rings is 1. The van der Waals surface area contributed by atoms with E-state index in [1.807, 2.05) is 0 Å². The van der Waals surface area contributed by atoms with Crippen molar-refractivity contribution in [1.29, 1.82) is 0 Å². The number of carbonyl (C=O) groups excluding carboxylic acids is 1. The lowest BCUT2D eigenvalue weighted by molar-refractivity contribution is 0.0905. The van der Waals surface area contributed by atoms with Crippen molar-refractivity contribution in [1.82, 2.24) is 9.29 Å². The number of hydrogen-bond donors (Lipinski definition) is 1. The summed E-state index contributed by atoms with van der Waals surface area (Å²) in [6.07, 6.45) is 15.8. The molecule has 2 aromatic heterocycles. The first-order chi connectivity index (χ1) is 14.5. The average molecular weight is 447 g/mol. The highest BCUT2D eigenvalue weighted by Crippen LogP contribution is 2.50. The lowest BCUT2D eigenvalue weighted by atomic mass is 9.82. The Morgan fingerprint density at radius 1 is 1.20 bits per heavy atom. The minimum Gasteiger partial charge on any atom is -0.348 e. The standard InChI is InChI=1S/C23H30N2O3S2/c1-2-3-4-5-6-9-19-17-10-11-18(16-17)22(19)24-23(26)20-12-13-21(29-20)30(27,28)25-14-7-8-15-25/h5-8,12-15,17-19,22H,2-4,9-11,16H2,1H3,(H,24,26)/b6-5-/t17-,18+,19+,22+/m1/s1. The smallest absolute Gasteiger partial charge is 0.277 e. The lowest BCUT2D eigenvalue weighted by Crippen LogP contribution is -2.43. The zero-order valence-electron chi connectivity index (χ0n) is 17.4. The molecule has 4 rings (SSSR count). The Kier molecular flexibility index (Phi) is 6.48. The highest BCUT2D eigenvalue weighted by atomic mass is 32.2. The van der Waals surface area contributed by atoms with Crippen LogP contribution in [-0.4, -0.2) is 24.3 Å². The molecule has 0 saturated heterocycles. The third-order valence-electron chi connectivity index (χ3n) is 6.60. The summed E-state index contributed by atoms with van der Waals surface area (Å²) in [5.41, 5.74) is 0. The number of allylic oxidation sites excluding steroid dienone is 2. The van der Waals surface area contributed by atoms with E-state index in [1.165, 1.54) is 54.5 Å². The predicted molar refractivity (Wildman–Crippen MR) is 120 cm³/mol. The fourth-order valence-electron chi connectivity index (χ4n) is 5.05. The molecule has 2 bridgehead atoms. The molecule has 0 unspecified atom stereocenters. The zero-order chi connectivity index (χ0) is 21.1. The Bertz CT molecular complexity index is 992. The molecule has 2 aliphatic carbocycles. The van der Waals surface area contributed by atoms with Crippen LogP contribution >= 0.6 is 11.3 Å². The molecule has 2 aromatic rings. The maximum atomic E-state index is 12.9. The van der Waals surface area contributed by atoms with Crippen molar-refractivity contribution in [3.63, 3.8) is 0 Å². The van der Waals surface area contributed by atoms with Gasteiger partial charge in [-0.2, -0.15) is 8.42 Å². The van der Waals surface area contributed by atoms with E-state index in [-0.39, 0.29) is 16.2 Å². The molecule has 162 valence electrons. The maximum absolute atomic E-state index is 12.9. The monoisotopic (exact) mass is 446 g/mol. The van der Waals surface area contributed by atoms with Crippen LogP contribution in [0.2, 0.25) is 0 Å². The summed E-state index contributed by atoms with van der Waals surface area (Å²) < 4.78 is 26.7. The average Bonchev–Trinajstić information content (AvgIpc) is 3.53. The second-order valence-corrected chi connectivity index (χ2v) is 11.6. The molecule has 2 fully saturated rings. The first kappa shape index (κ1) is 21.4. The summed E-state index contributed by atoms with van der Waals surface area (Å²) in [7, 11) is -3.63. The van der Waals surface area contributed by atoms with Crippen LogP contribution in [0.3, 0.4) is 0 Å². The van der Waals surface area contributed by atoms with Gasteiger partial charge in [0.05, 0.1) is 4.88 Å². The van der Waals surface area contributed by atoms with Crippen LogP contribution in [0.4, 0.5) is 0 Å². The fraction of sp³-hybridized carbons (Fsp3) is 0.522. The number of unbranched alkanes of at least 4 members (excludes halogenated alkanes) is 2. The normalized spacial score (nSPS) is 25.9. The summed E-state index contributed by atoms with van der Waals surface area (Å²) >= 11 is 1.04. The Labute approximate surface area is 183 Å². The Morgan fingerprint density at radius 3 is 2.73 bits per heavy atom. The van der Waals surface area contributed by atoms with Crippen molar-refractivity contribution in [3.8, 4) is 0 Å². The van der Waals surface area contributed by atoms with Gasteiger partial charge in [-0.3, -0.25) is 4.79 Å². The van der Waals surface area contributed by atoms with E-state index in [0.717, 1.165) is 24.2 Å². The third kappa shape index (κ3) is 4.28. The largest absolute Gasteiger partial charge is 0.348 e. The van der Waals surface area contributed by atoms with Gasteiger partial charge in [-0.05, 0) is 74.1 Å². The van der Waals surface area contributed by atoms with Gasteiger partial charge in [0.1, 0.15) is 4.21 Å². The summed E-state index contributed by atoms with van der Waals surface area (Å²) in [6.45, 7) is 2.20. The summed E-state index contributed by atoms with van der Waals surface area (Å²) in [5.74, 6) is 1.60. The lowest BCUT2D eigenvalue weighted by Gasteiger charge is -2.31. The zero-order valence-corrected chi connectivity index (χ0v) is 19.0. The Hall–Kier alpha value is -1.86. The molecule has 0 aromatic carbocycles. The van der Waals surface area contributed by atoms with E-state index in [2.05, 4.69) is 24.4 Å². The number of carbonyl (C=O) groups is 1. The molecular weight excluding hydrogens is 416 g/mol. The van der Waals surface area contributed by atoms with E-state index in [0.29, 0.717) is 22.6 Å². The minimum atomic E-state index is -3.63. The molecule has 4 atom stereocenters. The van der Waals surface area contributed by atoms with Crippen LogP contribution in [0.25, 0.3) is 0 Å². The third-order valence-corrected chi connectivity index (χ3v) is 9.80. The fourth-order valence-corrected chi connectivity index (χ4v) is 7.55. The molecule has 0 radical (unpaired) electrons. The SMILES string of the molecule is CCCC/C=C\C[C@H]1[C@@H]2CC[C@@H](C2)[C@@H]1NC(=O)c1ccc(S(=O)(=O)n2cccc2)s1. The number of rotatable bonds is 9. The highest BCUT2D eigenvalue weighted by molar-refractivity contribution is 7.92. The van der Waals surface area contributed by atoms with Gasteiger partial charge in [0.15, 0.2) is 0 Å². The summed E-state index contributed by atoms with van der Waals surface area (Å²) in [5, 5.41) is 3.26. The molecule has 7 heteroatoms. The molecular formula is C23H30N2O3S2. The number of nitrogens with one attached hydrogen (secondary N) is 1. The minimum absolute atomic E-state index is 0.147. The molecule has 30 heavy (non-hydrogen) atoms. The number of fused-ring (bicyclic) bond motifs is 2. The molecule has 5 nitrogen and oxygen atoms in total. The van der Waals surface area contributed by atoms with Gasteiger partial charge in [-0.1, -0.05) is 31.9 Å². The van der Waals surface area contributed by atoms with Gasteiger partial charge in [-0.15, -0.1) is 11.3 Å². The highest BCUT2D eigenvalue weighted by Gasteiger charge is 2.47. The van der Waals surface area contributed by atoms with Crippen LogP contribution in [0.15, 0.2) is 53.0 Å². The van der Waals surface area contributed by atoms with Gasteiger partial charge in [0.25, 0.3) is 15.9 Å². The van der Waals surface area contributed by atoms with Crippen LogP contribution in [0, 0.1) is 17.8 Å². The molecule has 2 aliphatic rings. The van der Waals surface area contributed by atoms with Gasteiger partial charge in [0.2, 0.25) is 0 Å².